The Morgan fingerprint density at radius 3 is 1.66 bits per heavy atom. The van der Waals surface area contributed by atoms with Crippen LogP contribution in [0.15, 0.2) is 97.6 Å². The lowest BCUT2D eigenvalue weighted by atomic mass is 10.1. The number of amides is 4. The van der Waals surface area contributed by atoms with Gasteiger partial charge in [0.05, 0.1) is 84.0 Å². The Kier molecular flexibility index (Phi) is 14.5. The molecule has 9 heterocycles. The molecular weight excluding hydrogens is 1020 g/mol. The van der Waals surface area contributed by atoms with Gasteiger partial charge < -0.3 is 39.0 Å². The zero-order valence-corrected chi connectivity index (χ0v) is 41.2. The van der Waals surface area contributed by atoms with Crippen LogP contribution < -0.4 is 39.7 Å². The van der Waals surface area contributed by atoms with Crippen LogP contribution in [0.25, 0.3) is 22.5 Å². The Morgan fingerprint density at radius 2 is 1.21 bits per heavy atom. The van der Waals surface area contributed by atoms with Crippen molar-refractivity contribution in [2.75, 3.05) is 82.8 Å². The fourth-order valence-corrected chi connectivity index (χ4v) is 9.53. The number of carbonyl (C=O) groups is 2. The molecule has 3 fully saturated rings. The van der Waals surface area contributed by atoms with E-state index in [9.17, 15) is 41.0 Å². The van der Waals surface area contributed by atoms with Gasteiger partial charge in [-0.2, -0.15) is 36.3 Å². The summed E-state index contributed by atoms with van der Waals surface area (Å²) in [6.07, 6.45) is -3.45. The number of carbonyl (C=O) groups excluding carboxylic acids is 2. The van der Waals surface area contributed by atoms with Crippen LogP contribution in [0.1, 0.15) is 37.8 Å². The molecule has 3 saturated heterocycles. The molecule has 4 bridgehead atoms. The smallest absolute Gasteiger partial charge is 0.416 e. The first kappa shape index (κ1) is 52.5. The Bertz CT molecular complexity index is 3160. The first-order valence-corrected chi connectivity index (χ1v) is 24.4. The van der Waals surface area contributed by atoms with E-state index in [0.717, 1.165) is 42.9 Å². The predicted molar refractivity (Wildman–Crippen MR) is 267 cm³/mol. The van der Waals surface area contributed by atoms with Crippen molar-refractivity contribution in [2.45, 2.75) is 69.1 Å². The van der Waals surface area contributed by atoms with Crippen molar-refractivity contribution in [2.24, 2.45) is 0 Å². The molecule has 4 aromatic heterocycles. The van der Waals surface area contributed by atoms with Crippen LogP contribution in [0.3, 0.4) is 0 Å². The molecule has 0 radical (unpaired) electrons. The van der Waals surface area contributed by atoms with E-state index in [-0.39, 0.29) is 60.4 Å². The molecule has 0 aliphatic carbocycles. The molecule has 404 valence electrons. The van der Waals surface area contributed by atoms with Crippen molar-refractivity contribution in [3.63, 3.8) is 0 Å². The van der Waals surface area contributed by atoms with E-state index in [2.05, 4.69) is 50.3 Å². The quantitative estimate of drug-likeness (QED) is 0.0915. The Balaban J connectivity index is 0.000000175. The van der Waals surface area contributed by atoms with Gasteiger partial charge in [0.1, 0.15) is 25.4 Å². The standard InChI is InChI=1S/C27H27F3N6O4.C24H23F3N6O4/c1-26(2)39-15-19(40-26)14-38-23-12-31-11-22(33-23)34-25(37)36-18-8-9-35(13-18)21-7-6-20(32-24(21)36)16-4-3-5-17(10-16)27(28,29)30;25-24(26,27)15-3-1-2-14(8-15)18-4-5-19-22(29-18)33(16-6-7-32(19)11-16)23(36)31-20-9-28-10-21(30-20)37-13-17(35)12-34/h3-7,10-12,18-19H,8-9,13-15H2,1-2H3,(H,33,34,37);1-5,8-10,16-17,34-35H,6-7,11-13H2,(H,30,31,36)/t18-,19+;16-,17-/m00/s1. The SMILES string of the molecule is CC1(C)OC[C@@H](COc2cncc(NC(=O)N3c4nc(-c5cccc(C(F)(F)F)c5)ccc4N4CC[C@H]3C4)n2)O1.O=C(Nc1cncc(OC[C@@H](O)CO)n1)N1c2nc(-c3cccc(C(F)(F)F)c3)ccc2N2CC[C@H]1C2. The number of anilines is 6. The third-order valence-electron chi connectivity index (χ3n) is 13.1. The molecule has 6 aromatic rings. The summed E-state index contributed by atoms with van der Waals surface area (Å²) in [5.41, 5.74) is 1.14. The Labute approximate surface area is 435 Å². The summed E-state index contributed by atoms with van der Waals surface area (Å²) in [4.78, 5) is 60.1. The van der Waals surface area contributed by atoms with Crippen molar-refractivity contribution in [3.05, 3.63) is 109 Å². The largest absolute Gasteiger partial charge is 0.474 e. The average molecular weight is 1070 g/mol. The highest BCUT2D eigenvalue weighted by atomic mass is 19.4. The molecule has 77 heavy (non-hydrogen) atoms. The second kappa shape index (κ2) is 21.2. The third-order valence-corrected chi connectivity index (χ3v) is 13.1. The summed E-state index contributed by atoms with van der Waals surface area (Å²) in [7, 11) is 0. The number of benzene rings is 2. The van der Waals surface area contributed by atoms with E-state index in [1.165, 1.54) is 41.8 Å². The van der Waals surface area contributed by atoms with Crippen molar-refractivity contribution < 1.29 is 65.1 Å². The summed E-state index contributed by atoms with van der Waals surface area (Å²) in [6.45, 7) is 6.22. The third kappa shape index (κ3) is 11.7. The number of nitrogens with zero attached hydrogens (tertiary/aromatic N) is 10. The number of nitrogens with one attached hydrogen (secondary N) is 2. The summed E-state index contributed by atoms with van der Waals surface area (Å²) >= 11 is 0. The minimum absolute atomic E-state index is 0.0429. The zero-order chi connectivity index (χ0) is 54.2. The van der Waals surface area contributed by atoms with E-state index in [1.54, 1.807) is 41.3 Å². The van der Waals surface area contributed by atoms with Crippen molar-refractivity contribution in [1.29, 1.82) is 0 Å². The fraction of sp³-hybridized carbons (Fsp3) is 0.373. The van der Waals surface area contributed by atoms with Crippen LogP contribution in [0.2, 0.25) is 0 Å². The molecule has 20 nitrogen and oxygen atoms in total. The van der Waals surface area contributed by atoms with E-state index < -0.39 is 54.0 Å². The van der Waals surface area contributed by atoms with Gasteiger partial charge in [-0.15, -0.1) is 0 Å². The number of hydrogen-bond acceptors (Lipinski definition) is 16. The second-order valence-electron chi connectivity index (χ2n) is 19.0. The predicted octanol–water partition coefficient (Wildman–Crippen LogP) is 7.64. The van der Waals surface area contributed by atoms with Gasteiger partial charge in [0.2, 0.25) is 11.8 Å². The van der Waals surface area contributed by atoms with Gasteiger partial charge in [-0.25, -0.2) is 19.6 Å². The molecule has 0 spiro atoms. The second-order valence-corrected chi connectivity index (χ2v) is 19.0. The van der Waals surface area contributed by atoms with E-state index in [1.807, 2.05) is 13.8 Å². The minimum atomic E-state index is -4.49. The molecule has 2 aromatic carbocycles. The number of aromatic nitrogens is 6. The molecule has 5 aliphatic heterocycles. The van der Waals surface area contributed by atoms with Gasteiger partial charge in [-0.05, 0) is 75.2 Å². The number of aliphatic hydroxyl groups excluding tert-OH is 2. The van der Waals surface area contributed by atoms with Crippen molar-refractivity contribution in [1.82, 2.24) is 29.9 Å². The summed E-state index contributed by atoms with van der Waals surface area (Å²) in [5.74, 6) is 0.573. The van der Waals surface area contributed by atoms with Gasteiger partial charge in [0.15, 0.2) is 29.1 Å². The number of halogens is 6. The molecule has 4 atom stereocenters. The molecule has 4 N–H and O–H groups in total. The summed E-state index contributed by atoms with van der Waals surface area (Å²) in [5, 5.41) is 23.8. The Hall–Kier alpha value is -7.94. The van der Waals surface area contributed by atoms with Crippen LogP contribution in [0.5, 0.6) is 11.8 Å². The number of hydrogen-bond donors (Lipinski definition) is 4. The number of rotatable bonds is 11. The molecule has 5 aliphatic rings. The monoisotopic (exact) mass is 1070 g/mol. The number of pyridine rings is 2. The summed E-state index contributed by atoms with van der Waals surface area (Å²) in [6, 6.07) is 15.4. The normalized spacial score (nSPS) is 19.4. The number of ether oxygens (including phenoxy) is 4. The van der Waals surface area contributed by atoms with Crippen molar-refractivity contribution in [3.8, 4) is 34.3 Å². The maximum absolute atomic E-state index is 13.6. The number of aliphatic hydroxyl groups is 2. The molecule has 0 unspecified atom stereocenters. The van der Waals surface area contributed by atoms with Crippen LogP contribution in [0.4, 0.5) is 70.6 Å². The lowest BCUT2D eigenvalue weighted by molar-refractivity contribution is -0.141. The highest BCUT2D eigenvalue weighted by molar-refractivity contribution is 6.05. The number of urea groups is 2. The van der Waals surface area contributed by atoms with Gasteiger partial charge in [-0.3, -0.25) is 30.4 Å². The Morgan fingerprint density at radius 1 is 0.714 bits per heavy atom. The maximum atomic E-state index is 13.6. The van der Waals surface area contributed by atoms with E-state index in [4.69, 9.17) is 24.1 Å². The molecule has 26 heteroatoms. The van der Waals surface area contributed by atoms with Gasteiger partial charge in [-0.1, -0.05) is 24.3 Å². The van der Waals surface area contributed by atoms with Crippen LogP contribution in [-0.4, -0.2) is 135 Å². The maximum Gasteiger partial charge on any atom is 0.416 e. The number of alkyl halides is 6. The first-order chi connectivity index (χ1) is 36.8. The summed E-state index contributed by atoms with van der Waals surface area (Å²) < 4.78 is 102. The van der Waals surface area contributed by atoms with Gasteiger partial charge >= 0.3 is 24.4 Å². The molecular formula is C51H50F6N12O8. The zero-order valence-electron chi connectivity index (χ0n) is 41.2. The molecule has 0 saturated carbocycles. The highest BCUT2D eigenvalue weighted by Crippen LogP contribution is 2.43. The lowest BCUT2D eigenvalue weighted by Gasteiger charge is -2.35. The van der Waals surface area contributed by atoms with Crippen LogP contribution in [-0.2, 0) is 21.8 Å². The van der Waals surface area contributed by atoms with E-state index in [0.29, 0.717) is 66.9 Å². The van der Waals surface area contributed by atoms with Gasteiger partial charge in [0.25, 0.3) is 0 Å². The van der Waals surface area contributed by atoms with E-state index >= 15 is 0 Å². The molecule has 4 amide bonds. The minimum Gasteiger partial charge on any atom is -0.474 e. The van der Waals surface area contributed by atoms with Gasteiger partial charge in [0, 0.05) is 37.3 Å². The fourth-order valence-electron chi connectivity index (χ4n) is 9.53. The number of fused-ring (bicyclic) bond motifs is 8. The topological polar surface area (TPSA) is 226 Å². The average Bonchev–Trinajstić information content (AvgIpc) is 4.16. The highest BCUT2D eigenvalue weighted by Gasteiger charge is 2.43. The molecule has 11 rings (SSSR count). The van der Waals surface area contributed by atoms with Crippen molar-refractivity contribution >= 4 is 46.7 Å². The van der Waals surface area contributed by atoms with Crippen LogP contribution >= 0.6 is 0 Å². The first-order valence-electron chi connectivity index (χ1n) is 24.4. The lowest BCUT2D eigenvalue weighted by Crippen LogP contribution is -2.48. The van der Waals surface area contributed by atoms with Crippen LogP contribution in [0, 0.1) is 0 Å².